The standard InChI is InChI=1S/C12H10.2C6H6O.C3H8.6C2H6.CH4/c1-3-7-11(8-4-1)12-9-5-2-6-10-12;2*7-6-4-2-1-3-5-6;1-3-2;6*1-2;/h1-10H;2*1-5,7H;3H2,1-2H3;6*1-2H3;1H4. The maximum atomic E-state index is 8.63. The van der Waals surface area contributed by atoms with Crippen molar-refractivity contribution in [2.45, 2.75) is 111 Å². The molecular weight excluding hydrogens is 512 g/mol. The lowest BCUT2D eigenvalue weighted by Crippen LogP contribution is -1.73. The number of phenolic OH excluding ortho intramolecular Hbond substituents is 2. The van der Waals surface area contributed by atoms with E-state index in [0.29, 0.717) is 11.5 Å². The molecule has 2 heteroatoms. The van der Waals surface area contributed by atoms with Gasteiger partial charge in [0.15, 0.2) is 0 Å². The molecule has 0 bridgehead atoms. The van der Waals surface area contributed by atoms with Crippen LogP contribution in [0, 0.1) is 0 Å². The first-order valence-electron chi connectivity index (χ1n) is 15.8. The third-order valence-corrected chi connectivity index (χ3v) is 3.39. The van der Waals surface area contributed by atoms with E-state index < -0.39 is 0 Å². The Kier molecular flexibility index (Phi) is 74.5. The largest absolute Gasteiger partial charge is 0.508 e. The van der Waals surface area contributed by atoms with E-state index in [2.05, 4.69) is 62.4 Å². The number of aromatic hydroxyl groups is 2. The number of phenols is 2. The van der Waals surface area contributed by atoms with Crippen molar-refractivity contribution in [3.8, 4) is 22.6 Å². The molecule has 0 fully saturated rings. The SMILES string of the molecule is C.CC.CC.CC.CC.CC.CC.CCC.Oc1ccccc1.Oc1ccccc1.c1ccc(-c2ccccc2)cc1. The minimum Gasteiger partial charge on any atom is -0.508 e. The topological polar surface area (TPSA) is 40.5 Å². The summed E-state index contributed by atoms with van der Waals surface area (Å²) in [6.45, 7) is 28.2. The van der Waals surface area contributed by atoms with Gasteiger partial charge in [0.05, 0.1) is 0 Å². The summed E-state index contributed by atoms with van der Waals surface area (Å²) in [5.74, 6) is 0.644. The zero-order valence-electron chi connectivity index (χ0n) is 29.1. The summed E-state index contributed by atoms with van der Waals surface area (Å²) in [5.41, 5.74) is 2.55. The molecular formula is C40H70O2. The summed E-state index contributed by atoms with van der Waals surface area (Å²) < 4.78 is 0. The maximum Gasteiger partial charge on any atom is 0.115 e. The van der Waals surface area contributed by atoms with Gasteiger partial charge < -0.3 is 10.2 Å². The van der Waals surface area contributed by atoms with Crippen molar-refractivity contribution in [3.63, 3.8) is 0 Å². The predicted molar refractivity (Wildman–Crippen MR) is 199 cm³/mol. The second-order valence-electron chi connectivity index (χ2n) is 6.11. The highest BCUT2D eigenvalue weighted by molar-refractivity contribution is 5.62. The summed E-state index contributed by atoms with van der Waals surface area (Å²) >= 11 is 0. The van der Waals surface area contributed by atoms with Crippen LogP contribution in [-0.4, -0.2) is 10.2 Å². The number of para-hydroxylation sites is 2. The van der Waals surface area contributed by atoms with Gasteiger partial charge >= 0.3 is 0 Å². The molecule has 2 nitrogen and oxygen atoms in total. The fraction of sp³-hybridized carbons (Fsp3) is 0.400. The minimum absolute atomic E-state index is 0. The Morgan fingerprint density at radius 3 is 0.595 bits per heavy atom. The van der Waals surface area contributed by atoms with Crippen molar-refractivity contribution in [3.05, 3.63) is 121 Å². The molecule has 0 aromatic heterocycles. The number of hydrogen-bond donors (Lipinski definition) is 2. The van der Waals surface area contributed by atoms with Gasteiger partial charge in [-0.1, -0.05) is 208 Å². The highest BCUT2D eigenvalue weighted by Gasteiger charge is 1.91. The van der Waals surface area contributed by atoms with E-state index in [9.17, 15) is 0 Å². The van der Waals surface area contributed by atoms with Crippen LogP contribution in [0.1, 0.15) is 111 Å². The van der Waals surface area contributed by atoms with Gasteiger partial charge in [-0.2, -0.15) is 0 Å². The van der Waals surface area contributed by atoms with E-state index in [1.165, 1.54) is 17.5 Å². The lowest BCUT2D eigenvalue weighted by molar-refractivity contribution is 0.475. The van der Waals surface area contributed by atoms with E-state index in [0.717, 1.165) is 0 Å². The zero-order chi connectivity index (χ0) is 33.2. The molecule has 0 radical (unpaired) electrons. The van der Waals surface area contributed by atoms with Gasteiger partial charge in [0.2, 0.25) is 0 Å². The number of benzene rings is 4. The van der Waals surface area contributed by atoms with Crippen LogP contribution in [0.5, 0.6) is 11.5 Å². The predicted octanol–water partition coefficient (Wildman–Crippen LogP) is 14.3. The average molecular weight is 583 g/mol. The van der Waals surface area contributed by atoms with Crippen LogP contribution in [0.3, 0.4) is 0 Å². The molecule has 4 aromatic carbocycles. The van der Waals surface area contributed by atoms with Crippen LogP contribution in [0.15, 0.2) is 121 Å². The van der Waals surface area contributed by atoms with Gasteiger partial charge in [0.1, 0.15) is 11.5 Å². The van der Waals surface area contributed by atoms with Gasteiger partial charge in [-0.3, -0.25) is 0 Å². The zero-order valence-corrected chi connectivity index (χ0v) is 29.1. The smallest absolute Gasteiger partial charge is 0.115 e. The summed E-state index contributed by atoms with van der Waals surface area (Å²) in [6.07, 6.45) is 1.25. The van der Waals surface area contributed by atoms with E-state index >= 15 is 0 Å². The van der Waals surface area contributed by atoms with Crippen LogP contribution in [0.2, 0.25) is 0 Å². The fourth-order valence-corrected chi connectivity index (χ4v) is 2.12. The molecule has 0 amide bonds. The minimum atomic E-state index is 0. The van der Waals surface area contributed by atoms with Crippen LogP contribution >= 0.6 is 0 Å². The van der Waals surface area contributed by atoms with E-state index in [-0.39, 0.29) is 7.43 Å². The molecule has 4 aromatic rings. The van der Waals surface area contributed by atoms with Crippen molar-refractivity contribution in [1.82, 2.24) is 0 Å². The molecule has 242 valence electrons. The van der Waals surface area contributed by atoms with Gasteiger partial charge in [-0.05, 0) is 35.4 Å². The molecule has 0 spiro atoms. The quantitative estimate of drug-likeness (QED) is 0.234. The first-order chi connectivity index (χ1) is 20.2. The second-order valence-corrected chi connectivity index (χ2v) is 6.11. The summed E-state index contributed by atoms with van der Waals surface area (Å²) in [6, 6.07) is 38.2. The molecule has 0 heterocycles. The van der Waals surface area contributed by atoms with Gasteiger partial charge in [0.25, 0.3) is 0 Å². The van der Waals surface area contributed by atoms with Crippen molar-refractivity contribution in [1.29, 1.82) is 0 Å². The Balaban J connectivity index is -0.0000000724. The van der Waals surface area contributed by atoms with Gasteiger partial charge in [-0.15, -0.1) is 0 Å². The van der Waals surface area contributed by atoms with Gasteiger partial charge in [-0.25, -0.2) is 0 Å². The molecule has 0 aliphatic rings. The van der Waals surface area contributed by atoms with E-state index in [4.69, 9.17) is 10.2 Å². The Morgan fingerprint density at radius 1 is 0.333 bits per heavy atom. The van der Waals surface area contributed by atoms with Crippen molar-refractivity contribution in [2.24, 2.45) is 0 Å². The van der Waals surface area contributed by atoms with Crippen molar-refractivity contribution >= 4 is 0 Å². The lowest BCUT2D eigenvalue weighted by atomic mass is 10.1. The van der Waals surface area contributed by atoms with Crippen molar-refractivity contribution in [2.75, 3.05) is 0 Å². The lowest BCUT2D eigenvalue weighted by Gasteiger charge is -1.98. The molecule has 0 unspecified atom stereocenters. The fourth-order valence-electron chi connectivity index (χ4n) is 2.12. The maximum absolute atomic E-state index is 8.63. The monoisotopic (exact) mass is 583 g/mol. The van der Waals surface area contributed by atoms with E-state index in [1.54, 1.807) is 48.5 Å². The normalized spacial score (nSPS) is 6.90. The Labute approximate surface area is 264 Å². The number of rotatable bonds is 1. The first kappa shape index (κ1) is 54.5. The molecule has 42 heavy (non-hydrogen) atoms. The highest BCUT2D eigenvalue weighted by atomic mass is 16.3. The summed E-state index contributed by atoms with van der Waals surface area (Å²) in [4.78, 5) is 0. The van der Waals surface area contributed by atoms with Crippen LogP contribution in [-0.2, 0) is 0 Å². The molecule has 4 rings (SSSR count). The number of hydrogen-bond acceptors (Lipinski definition) is 2. The van der Waals surface area contributed by atoms with Crippen molar-refractivity contribution < 1.29 is 10.2 Å². The molecule has 0 saturated heterocycles. The molecule has 2 N–H and O–H groups in total. The third kappa shape index (κ3) is 43.5. The van der Waals surface area contributed by atoms with Crippen LogP contribution < -0.4 is 0 Å². The Bertz CT molecular complexity index is 772. The van der Waals surface area contributed by atoms with Crippen LogP contribution in [0.25, 0.3) is 11.1 Å². The molecule has 0 atom stereocenters. The molecule has 0 aliphatic heterocycles. The summed E-state index contributed by atoms with van der Waals surface area (Å²) in [5, 5.41) is 17.3. The Hall–Kier alpha value is -3.52. The first-order valence-corrected chi connectivity index (χ1v) is 15.8. The second kappa shape index (κ2) is 57.4. The molecule has 0 aliphatic carbocycles. The molecule has 0 saturated carbocycles. The summed E-state index contributed by atoms with van der Waals surface area (Å²) in [7, 11) is 0. The Morgan fingerprint density at radius 2 is 0.476 bits per heavy atom. The van der Waals surface area contributed by atoms with Crippen LogP contribution in [0.4, 0.5) is 0 Å². The third-order valence-electron chi connectivity index (χ3n) is 3.39. The highest BCUT2D eigenvalue weighted by Crippen LogP contribution is 2.17. The van der Waals surface area contributed by atoms with Gasteiger partial charge in [0, 0.05) is 0 Å². The van der Waals surface area contributed by atoms with E-state index in [1.807, 2.05) is 107 Å². The average Bonchev–Trinajstić information content (AvgIpc) is 3.09.